The molecule has 0 saturated heterocycles. The van der Waals surface area contributed by atoms with Crippen LogP contribution in [0.5, 0.6) is 0 Å². The summed E-state index contributed by atoms with van der Waals surface area (Å²) in [7, 11) is 0. The summed E-state index contributed by atoms with van der Waals surface area (Å²) in [4.78, 5) is 0. The molecule has 1 fully saturated rings. The lowest BCUT2D eigenvalue weighted by Gasteiger charge is -2.54. The molecule has 16 heavy (non-hydrogen) atoms. The molecule has 1 aliphatic carbocycles. The molecule has 0 radical (unpaired) electrons. The monoisotopic (exact) mass is 220 g/mol. The van der Waals surface area contributed by atoms with Crippen LogP contribution in [0.1, 0.15) is 65.7 Å². The van der Waals surface area contributed by atoms with Gasteiger partial charge in [0.15, 0.2) is 0 Å². The summed E-state index contributed by atoms with van der Waals surface area (Å²) < 4.78 is 0. The molecule has 0 N–H and O–H groups in total. The van der Waals surface area contributed by atoms with Crippen LogP contribution in [0.15, 0.2) is 24.3 Å². The number of hydrogen-bond acceptors (Lipinski definition) is 0. The third-order valence-corrected chi connectivity index (χ3v) is 4.41. The van der Waals surface area contributed by atoms with Crippen molar-refractivity contribution in [1.82, 2.24) is 0 Å². The lowest BCUT2D eigenvalue weighted by Crippen LogP contribution is -2.44. The zero-order valence-electron chi connectivity index (χ0n) is 11.4. The predicted molar refractivity (Wildman–Crippen MR) is 73.5 cm³/mol. The highest BCUT2D eigenvalue weighted by Crippen LogP contribution is 2.60. The summed E-state index contributed by atoms with van der Waals surface area (Å²) in [5, 5.41) is 0. The third kappa shape index (κ3) is 2.12. The van der Waals surface area contributed by atoms with Crippen LogP contribution in [0, 0.1) is 11.3 Å². The molecule has 92 valence electrons. The Balaban J connectivity index is 2.71. The van der Waals surface area contributed by atoms with Gasteiger partial charge in [-0.15, -0.1) is 0 Å². The topological polar surface area (TPSA) is 0 Å². The maximum Gasteiger partial charge on any atom is 0.00181 e. The van der Waals surface area contributed by atoms with E-state index in [0.29, 0.717) is 5.41 Å². The SMILES string of the molecule is C=C1C(=C)C(CCC)(CCCCC)C1CC. The second kappa shape index (κ2) is 5.70. The summed E-state index contributed by atoms with van der Waals surface area (Å²) in [6.45, 7) is 15.4. The first-order valence-corrected chi connectivity index (χ1v) is 7.02. The van der Waals surface area contributed by atoms with E-state index in [-0.39, 0.29) is 0 Å². The molecular formula is C16H28. The van der Waals surface area contributed by atoms with E-state index < -0.39 is 0 Å². The largest absolute Gasteiger partial charge is 0.0952 e. The Kier molecular flexibility index (Phi) is 4.83. The summed E-state index contributed by atoms with van der Waals surface area (Å²) >= 11 is 0. The molecule has 0 aromatic heterocycles. The molecular weight excluding hydrogens is 192 g/mol. The predicted octanol–water partition coefficient (Wildman–Crippen LogP) is 5.51. The summed E-state index contributed by atoms with van der Waals surface area (Å²) in [6, 6.07) is 0. The molecule has 1 rings (SSSR count). The Morgan fingerprint density at radius 2 is 1.69 bits per heavy atom. The van der Waals surface area contributed by atoms with Crippen molar-refractivity contribution < 1.29 is 0 Å². The highest BCUT2D eigenvalue weighted by atomic mass is 14.5. The summed E-state index contributed by atoms with van der Waals surface area (Å²) in [6.07, 6.45) is 9.20. The van der Waals surface area contributed by atoms with Gasteiger partial charge in [-0.05, 0) is 36.3 Å². The Morgan fingerprint density at radius 1 is 1.00 bits per heavy atom. The van der Waals surface area contributed by atoms with Crippen LogP contribution < -0.4 is 0 Å². The fourth-order valence-electron chi connectivity index (χ4n) is 3.55. The first-order valence-electron chi connectivity index (χ1n) is 7.02. The van der Waals surface area contributed by atoms with Gasteiger partial charge in [0.1, 0.15) is 0 Å². The molecule has 1 saturated carbocycles. The molecule has 0 spiro atoms. The zero-order valence-corrected chi connectivity index (χ0v) is 11.4. The maximum absolute atomic E-state index is 4.29. The Hall–Kier alpha value is -0.520. The Labute approximate surface area is 102 Å². The van der Waals surface area contributed by atoms with Gasteiger partial charge in [-0.25, -0.2) is 0 Å². The van der Waals surface area contributed by atoms with Gasteiger partial charge in [-0.3, -0.25) is 0 Å². The average Bonchev–Trinajstić information content (AvgIpc) is 2.29. The fourth-order valence-corrected chi connectivity index (χ4v) is 3.55. The lowest BCUT2D eigenvalue weighted by atomic mass is 9.50. The summed E-state index contributed by atoms with van der Waals surface area (Å²) in [5.74, 6) is 0.719. The van der Waals surface area contributed by atoms with Gasteiger partial charge in [0.05, 0.1) is 0 Å². The highest BCUT2D eigenvalue weighted by Gasteiger charge is 2.49. The zero-order chi connectivity index (χ0) is 12.2. The van der Waals surface area contributed by atoms with E-state index in [2.05, 4.69) is 33.9 Å². The Bertz CT molecular complexity index is 261. The molecule has 1 aliphatic rings. The van der Waals surface area contributed by atoms with Gasteiger partial charge in [0, 0.05) is 5.41 Å². The average molecular weight is 220 g/mol. The molecule has 0 aromatic carbocycles. The van der Waals surface area contributed by atoms with Crippen LogP contribution in [0.4, 0.5) is 0 Å². The third-order valence-electron chi connectivity index (χ3n) is 4.41. The molecule has 0 aliphatic heterocycles. The van der Waals surface area contributed by atoms with Crippen molar-refractivity contribution in [3.63, 3.8) is 0 Å². The normalized spacial score (nSPS) is 29.3. The first-order chi connectivity index (χ1) is 7.64. The van der Waals surface area contributed by atoms with Crippen molar-refractivity contribution in [3.05, 3.63) is 24.3 Å². The molecule has 0 heterocycles. The molecule has 0 aromatic rings. The van der Waals surface area contributed by atoms with Gasteiger partial charge in [-0.1, -0.05) is 59.6 Å². The van der Waals surface area contributed by atoms with Gasteiger partial charge in [-0.2, -0.15) is 0 Å². The van der Waals surface area contributed by atoms with E-state index >= 15 is 0 Å². The minimum absolute atomic E-state index is 0.426. The van der Waals surface area contributed by atoms with Crippen molar-refractivity contribution in [3.8, 4) is 0 Å². The van der Waals surface area contributed by atoms with Crippen molar-refractivity contribution in [2.75, 3.05) is 0 Å². The quantitative estimate of drug-likeness (QED) is 0.497. The van der Waals surface area contributed by atoms with Crippen LogP contribution in [0.2, 0.25) is 0 Å². The Morgan fingerprint density at radius 3 is 2.19 bits per heavy atom. The van der Waals surface area contributed by atoms with E-state index in [0.717, 1.165) is 5.92 Å². The fraction of sp³-hybridized carbons (Fsp3) is 0.750. The van der Waals surface area contributed by atoms with Crippen LogP contribution in [-0.2, 0) is 0 Å². The van der Waals surface area contributed by atoms with Gasteiger partial charge >= 0.3 is 0 Å². The van der Waals surface area contributed by atoms with Crippen LogP contribution in [0.3, 0.4) is 0 Å². The van der Waals surface area contributed by atoms with E-state index in [9.17, 15) is 0 Å². The van der Waals surface area contributed by atoms with Gasteiger partial charge < -0.3 is 0 Å². The molecule has 2 unspecified atom stereocenters. The smallest absolute Gasteiger partial charge is 0.00181 e. The van der Waals surface area contributed by atoms with Gasteiger partial charge in [0.25, 0.3) is 0 Å². The van der Waals surface area contributed by atoms with E-state index in [4.69, 9.17) is 0 Å². The lowest BCUT2D eigenvalue weighted by molar-refractivity contribution is 0.143. The molecule has 0 heteroatoms. The standard InChI is InChI=1S/C16H28/c1-6-9-10-12-16(11-7-2)14(5)13(4)15(16)8-3/h15H,4-12H2,1-3H3. The van der Waals surface area contributed by atoms with E-state index in [1.54, 1.807) is 0 Å². The number of allylic oxidation sites excluding steroid dienone is 2. The van der Waals surface area contributed by atoms with Crippen LogP contribution in [0.25, 0.3) is 0 Å². The second-order valence-electron chi connectivity index (χ2n) is 5.33. The molecule has 0 amide bonds. The van der Waals surface area contributed by atoms with Crippen molar-refractivity contribution in [1.29, 1.82) is 0 Å². The number of rotatable bonds is 7. The second-order valence-corrected chi connectivity index (χ2v) is 5.33. The minimum Gasteiger partial charge on any atom is -0.0952 e. The molecule has 0 bridgehead atoms. The van der Waals surface area contributed by atoms with Gasteiger partial charge in [0.2, 0.25) is 0 Å². The number of hydrogen-bond donors (Lipinski definition) is 0. The van der Waals surface area contributed by atoms with Crippen molar-refractivity contribution >= 4 is 0 Å². The molecule has 0 nitrogen and oxygen atoms in total. The van der Waals surface area contributed by atoms with Crippen molar-refractivity contribution in [2.45, 2.75) is 65.7 Å². The van der Waals surface area contributed by atoms with E-state index in [1.807, 2.05) is 0 Å². The molecule has 2 atom stereocenters. The number of unbranched alkanes of at least 4 members (excludes halogenated alkanes) is 2. The maximum atomic E-state index is 4.29. The van der Waals surface area contributed by atoms with E-state index in [1.165, 1.54) is 56.1 Å². The minimum atomic E-state index is 0.426. The first kappa shape index (κ1) is 13.5. The van der Waals surface area contributed by atoms with Crippen LogP contribution in [-0.4, -0.2) is 0 Å². The highest BCUT2D eigenvalue weighted by molar-refractivity contribution is 5.47. The van der Waals surface area contributed by atoms with Crippen molar-refractivity contribution in [2.24, 2.45) is 11.3 Å². The van der Waals surface area contributed by atoms with Crippen LogP contribution >= 0.6 is 0 Å². The summed E-state index contributed by atoms with van der Waals surface area (Å²) in [5.41, 5.74) is 3.14.